The van der Waals surface area contributed by atoms with E-state index in [4.69, 9.17) is 0 Å². The third-order valence-electron chi connectivity index (χ3n) is 2.56. The number of rotatable bonds is 2. The fourth-order valence-electron chi connectivity index (χ4n) is 1.71. The Labute approximate surface area is 94.0 Å². The molecule has 1 heterocycles. The molecule has 1 fully saturated rings. The van der Waals surface area contributed by atoms with Crippen molar-refractivity contribution in [2.24, 2.45) is 0 Å². The van der Waals surface area contributed by atoms with Crippen LogP contribution in [0.25, 0.3) is 6.08 Å². The summed E-state index contributed by atoms with van der Waals surface area (Å²) in [5, 5.41) is 0. The van der Waals surface area contributed by atoms with Gasteiger partial charge in [0, 0.05) is 24.6 Å². The van der Waals surface area contributed by atoms with Gasteiger partial charge in [-0.25, -0.2) is 4.39 Å². The van der Waals surface area contributed by atoms with Crippen LogP contribution >= 0.6 is 11.8 Å². The highest BCUT2D eigenvalue weighted by molar-refractivity contribution is 7.99. The first-order chi connectivity index (χ1) is 7.31. The van der Waals surface area contributed by atoms with E-state index in [9.17, 15) is 4.39 Å². The molecular formula is C12H14FNS. The van der Waals surface area contributed by atoms with E-state index in [-0.39, 0.29) is 5.82 Å². The second kappa shape index (κ2) is 4.71. The van der Waals surface area contributed by atoms with E-state index in [2.05, 4.69) is 11.5 Å². The molecule has 1 aromatic carbocycles. The molecule has 0 spiro atoms. The molecule has 0 atom stereocenters. The van der Waals surface area contributed by atoms with Gasteiger partial charge in [-0.1, -0.05) is 18.7 Å². The zero-order chi connectivity index (χ0) is 10.7. The summed E-state index contributed by atoms with van der Waals surface area (Å²) in [5.41, 5.74) is 1.56. The highest BCUT2D eigenvalue weighted by Crippen LogP contribution is 2.23. The van der Waals surface area contributed by atoms with Crippen LogP contribution in [0.15, 0.2) is 24.8 Å². The third-order valence-corrected chi connectivity index (χ3v) is 3.50. The molecule has 2 rings (SSSR count). The van der Waals surface area contributed by atoms with Crippen LogP contribution in [0.1, 0.15) is 5.56 Å². The Morgan fingerprint density at radius 2 is 2.07 bits per heavy atom. The Morgan fingerprint density at radius 1 is 1.33 bits per heavy atom. The summed E-state index contributed by atoms with van der Waals surface area (Å²) in [6.07, 6.45) is 1.67. The molecule has 1 saturated heterocycles. The largest absolute Gasteiger partial charge is 0.368 e. The number of hydrogen-bond acceptors (Lipinski definition) is 2. The lowest BCUT2D eigenvalue weighted by molar-refractivity contribution is 0.619. The van der Waals surface area contributed by atoms with Gasteiger partial charge in [-0.05, 0) is 17.7 Å². The topological polar surface area (TPSA) is 3.24 Å². The van der Waals surface area contributed by atoms with Gasteiger partial charge in [-0.15, -0.1) is 0 Å². The SMILES string of the molecule is C=Cc1ccc(N2CCSCC2)c(F)c1. The summed E-state index contributed by atoms with van der Waals surface area (Å²) in [7, 11) is 0. The zero-order valence-corrected chi connectivity index (χ0v) is 9.39. The summed E-state index contributed by atoms with van der Waals surface area (Å²) in [6, 6.07) is 5.31. The average molecular weight is 223 g/mol. The first kappa shape index (κ1) is 10.6. The molecule has 15 heavy (non-hydrogen) atoms. The molecule has 3 heteroatoms. The van der Waals surface area contributed by atoms with Gasteiger partial charge < -0.3 is 4.90 Å². The summed E-state index contributed by atoms with van der Waals surface area (Å²) in [5.74, 6) is 2.03. The number of anilines is 1. The summed E-state index contributed by atoms with van der Waals surface area (Å²) >= 11 is 1.93. The van der Waals surface area contributed by atoms with Crippen molar-refractivity contribution in [3.63, 3.8) is 0 Å². The Kier molecular flexibility index (Phi) is 3.31. The summed E-state index contributed by atoms with van der Waals surface area (Å²) in [4.78, 5) is 2.11. The van der Waals surface area contributed by atoms with E-state index in [0.29, 0.717) is 0 Å². The van der Waals surface area contributed by atoms with Crippen molar-refractivity contribution in [3.05, 3.63) is 36.2 Å². The smallest absolute Gasteiger partial charge is 0.147 e. The van der Waals surface area contributed by atoms with E-state index >= 15 is 0 Å². The van der Waals surface area contributed by atoms with Crippen LogP contribution in [0.4, 0.5) is 10.1 Å². The first-order valence-corrected chi connectivity index (χ1v) is 6.21. The highest BCUT2D eigenvalue weighted by atomic mass is 32.2. The average Bonchev–Trinajstić information content (AvgIpc) is 2.30. The van der Waals surface area contributed by atoms with Crippen molar-refractivity contribution >= 4 is 23.5 Å². The molecule has 0 saturated carbocycles. The minimum atomic E-state index is -0.140. The number of benzene rings is 1. The second-order valence-electron chi connectivity index (χ2n) is 3.51. The number of thioether (sulfide) groups is 1. The number of nitrogens with zero attached hydrogens (tertiary/aromatic N) is 1. The van der Waals surface area contributed by atoms with Crippen LogP contribution in [-0.4, -0.2) is 24.6 Å². The van der Waals surface area contributed by atoms with Gasteiger partial charge in [0.25, 0.3) is 0 Å². The standard InChI is InChI=1S/C12H14FNS/c1-2-10-3-4-12(11(13)9-10)14-5-7-15-8-6-14/h2-4,9H,1,5-8H2. The lowest BCUT2D eigenvalue weighted by Crippen LogP contribution is -2.33. The first-order valence-electron chi connectivity index (χ1n) is 5.06. The molecule has 0 amide bonds. The maximum Gasteiger partial charge on any atom is 0.147 e. The fourth-order valence-corrected chi connectivity index (χ4v) is 2.61. The Balaban J connectivity index is 2.23. The van der Waals surface area contributed by atoms with Crippen LogP contribution in [0.2, 0.25) is 0 Å². The van der Waals surface area contributed by atoms with E-state index in [1.807, 2.05) is 23.9 Å². The molecule has 1 aliphatic heterocycles. The monoisotopic (exact) mass is 223 g/mol. The van der Waals surface area contributed by atoms with Gasteiger partial charge in [-0.3, -0.25) is 0 Å². The van der Waals surface area contributed by atoms with Gasteiger partial charge in [0.05, 0.1) is 5.69 Å². The maximum atomic E-state index is 13.7. The summed E-state index contributed by atoms with van der Waals surface area (Å²) in [6.45, 7) is 5.51. The molecule has 0 unspecified atom stereocenters. The minimum absolute atomic E-state index is 0.140. The van der Waals surface area contributed by atoms with Gasteiger partial charge >= 0.3 is 0 Å². The molecule has 1 aromatic rings. The molecular weight excluding hydrogens is 209 g/mol. The normalized spacial score (nSPS) is 16.5. The van der Waals surface area contributed by atoms with Crippen LogP contribution in [0, 0.1) is 5.82 Å². The van der Waals surface area contributed by atoms with Gasteiger partial charge in [0.1, 0.15) is 5.82 Å². The molecule has 0 N–H and O–H groups in total. The molecule has 80 valence electrons. The van der Waals surface area contributed by atoms with E-state index in [0.717, 1.165) is 35.8 Å². The highest BCUT2D eigenvalue weighted by Gasteiger charge is 2.14. The fraction of sp³-hybridized carbons (Fsp3) is 0.333. The van der Waals surface area contributed by atoms with Crippen molar-refractivity contribution in [2.75, 3.05) is 29.5 Å². The molecule has 0 aromatic heterocycles. The molecule has 0 aliphatic carbocycles. The number of halogens is 1. The zero-order valence-electron chi connectivity index (χ0n) is 8.58. The predicted octanol–water partition coefficient (Wildman–Crippen LogP) is 3.02. The van der Waals surface area contributed by atoms with E-state index in [1.165, 1.54) is 0 Å². The van der Waals surface area contributed by atoms with Gasteiger partial charge in [0.15, 0.2) is 0 Å². The quantitative estimate of drug-likeness (QED) is 0.758. The van der Waals surface area contributed by atoms with E-state index in [1.54, 1.807) is 12.1 Å². The Bertz CT molecular complexity index is 359. The van der Waals surface area contributed by atoms with Gasteiger partial charge in [-0.2, -0.15) is 11.8 Å². The van der Waals surface area contributed by atoms with Crippen LogP contribution in [-0.2, 0) is 0 Å². The lowest BCUT2D eigenvalue weighted by Gasteiger charge is -2.28. The molecule has 1 nitrogen and oxygen atoms in total. The molecule has 0 radical (unpaired) electrons. The van der Waals surface area contributed by atoms with Crippen LogP contribution in [0.5, 0.6) is 0 Å². The van der Waals surface area contributed by atoms with Gasteiger partial charge in [0.2, 0.25) is 0 Å². The third kappa shape index (κ3) is 2.34. The summed E-state index contributed by atoms with van der Waals surface area (Å²) < 4.78 is 13.7. The van der Waals surface area contributed by atoms with Crippen molar-refractivity contribution in [3.8, 4) is 0 Å². The van der Waals surface area contributed by atoms with Crippen molar-refractivity contribution in [1.29, 1.82) is 0 Å². The number of hydrogen-bond donors (Lipinski definition) is 0. The maximum absolute atomic E-state index is 13.7. The van der Waals surface area contributed by atoms with Crippen molar-refractivity contribution in [2.45, 2.75) is 0 Å². The van der Waals surface area contributed by atoms with Crippen molar-refractivity contribution in [1.82, 2.24) is 0 Å². The minimum Gasteiger partial charge on any atom is -0.368 e. The second-order valence-corrected chi connectivity index (χ2v) is 4.74. The predicted molar refractivity (Wildman–Crippen MR) is 66.0 cm³/mol. The lowest BCUT2D eigenvalue weighted by atomic mass is 10.2. The molecule has 1 aliphatic rings. The Hall–Kier alpha value is -0.960. The van der Waals surface area contributed by atoms with Crippen LogP contribution < -0.4 is 4.90 Å². The van der Waals surface area contributed by atoms with E-state index < -0.39 is 0 Å². The van der Waals surface area contributed by atoms with Crippen molar-refractivity contribution < 1.29 is 4.39 Å². The van der Waals surface area contributed by atoms with Crippen LogP contribution in [0.3, 0.4) is 0 Å². The Morgan fingerprint density at radius 3 is 2.67 bits per heavy atom. The molecule has 0 bridgehead atoms.